The second-order valence-electron chi connectivity index (χ2n) is 21.1. The molecule has 2 aromatic heterocycles. The van der Waals surface area contributed by atoms with Gasteiger partial charge in [-0.05, 0) is 150 Å². The minimum absolute atomic E-state index is 0.310. The molecular weight excluding hydrogens is 909 g/mol. The first kappa shape index (κ1) is 44.8. The van der Waals surface area contributed by atoms with E-state index in [2.05, 4.69) is 289 Å². The SMILES string of the molecule is CC1C=C(n2c3ccccc3c3cc(N(C4=C5C=CC=CC5C(C)C=C4)c4ccc(-c5ccc(N(c6ccc7c(c6)c6c(n7-c7ccccc7)C[C@@H](C)C=C6)c6cccc7ccccc67)cc5)cc4)ccc32)C=CC1. The number of anilines is 5. The molecule has 0 aliphatic heterocycles. The number of rotatable bonds is 9. The Bertz CT molecular complexity index is 4110. The highest BCUT2D eigenvalue weighted by Crippen LogP contribution is 2.46. The van der Waals surface area contributed by atoms with Crippen LogP contribution in [0.25, 0.3) is 72.1 Å². The fraction of sp³-hybridized carbons (Fsp3) is 0.127. The molecule has 14 rings (SSSR count). The Morgan fingerprint density at radius 3 is 1.91 bits per heavy atom. The summed E-state index contributed by atoms with van der Waals surface area (Å²) in [6.07, 6.45) is 27.6. The summed E-state index contributed by atoms with van der Waals surface area (Å²) in [6.45, 7) is 6.95. The van der Waals surface area contributed by atoms with Gasteiger partial charge in [-0.15, -0.1) is 0 Å². The zero-order valence-corrected chi connectivity index (χ0v) is 42.7. The molecule has 4 aliphatic rings. The summed E-state index contributed by atoms with van der Waals surface area (Å²) in [5.41, 5.74) is 19.4. The van der Waals surface area contributed by atoms with Crippen LogP contribution in [0.15, 0.2) is 254 Å². The van der Waals surface area contributed by atoms with E-state index in [0.717, 1.165) is 41.3 Å². The van der Waals surface area contributed by atoms with Gasteiger partial charge in [-0.3, -0.25) is 0 Å². The first-order valence-electron chi connectivity index (χ1n) is 26.8. The number of fused-ring (bicyclic) bond motifs is 8. The molecule has 362 valence electrons. The third-order valence-electron chi connectivity index (χ3n) is 16.2. The average molecular weight is 967 g/mol. The van der Waals surface area contributed by atoms with E-state index in [0.29, 0.717) is 23.7 Å². The van der Waals surface area contributed by atoms with Crippen LogP contribution in [0.2, 0.25) is 0 Å². The van der Waals surface area contributed by atoms with Gasteiger partial charge in [0.2, 0.25) is 0 Å². The highest BCUT2D eigenvalue weighted by Gasteiger charge is 2.29. The molecule has 75 heavy (non-hydrogen) atoms. The third-order valence-corrected chi connectivity index (χ3v) is 16.2. The normalized spacial score (nSPS) is 18.8. The molecule has 4 nitrogen and oxygen atoms in total. The molecule has 8 aromatic carbocycles. The van der Waals surface area contributed by atoms with E-state index < -0.39 is 0 Å². The second kappa shape index (κ2) is 18.3. The molecule has 0 saturated heterocycles. The minimum atomic E-state index is 0.310. The first-order chi connectivity index (χ1) is 36.9. The van der Waals surface area contributed by atoms with Crippen molar-refractivity contribution in [1.82, 2.24) is 9.13 Å². The number of hydrogen-bond acceptors (Lipinski definition) is 2. The molecular formula is C71H58N4. The standard InChI is InChI=1S/C71H58N4/c1-47-15-13-20-56(43-47)75-67-25-12-11-24-62(67)64-45-58(38-42-70(64)75)73(68-40-28-49(3)59-21-9-10-23-61(59)68)55-35-31-51(32-36-55)50-29-33-54(34-30-50)72(66-26-14-17-52-16-7-8-22-60(52)66)57-37-41-69-65(46-57)63-39-27-48(2)44-71(63)74(69)53-18-5-4-6-19-53/h4-14,16-43,45-49,59H,15,44H2,1-3H3/t47?,48-,49?,59?/m0/s1. The summed E-state index contributed by atoms with van der Waals surface area (Å²) in [4.78, 5) is 4.93. The zero-order valence-electron chi connectivity index (χ0n) is 42.7. The van der Waals surface area contributed by atoms with E-state index in [4.69, 9.17) is 0 Å². The Morgan fingerprint density at radius 2 is 1.12 bits per heavy atom. The Morgan fingerprint density at radius 1 is 0.467 bits per heavy atom. The monoisotopic (exact) mass is 966 g/mol. The maximum absolute atomic E-state index is 2.48. The number of hydrogen-bond donors (Lipinski definition) is 0. The molecule has 4 atom stereocenters. The van der Waals surface area contributed by atoms with Crippen molar-refractivity contribution in [2.45, 2.75) is 33.6 Å². The Kier molecular flexibility index (Phi) is 10.9. The van der Waals surface area contributed by atoms with Crippen molar-refractivity contribution in [1.29, 1.82) is 0 Å². The number of nitrogens with zero attached hydrogens (tertiary/aromatic N) is 4. The maximum Gasteiger partial charge on any atom is 0.0542 e. The van der Waals surface area contributed by atoms with E-state index in [1.54, 1.807) is 0 Å². The molecule has 0 bridgehead atoms. The summed E-state index contributed by atoms with van der Waals surface area (Å²) >= 11 is 0. The van der Waals surface area contributed by atoms with Gasteiger partial charge in [0.1, 0.15) is 0 Å². The smallest absolute Gasteiger partial charge is 0.0542 e. The van der Waals surface area contributed by atoms with Crippen LogP contribution in [0.3, 0.4) is 0 Å². The molecule has 0 amide bonds. The van der Waals surface area contributed by atoms with Crippen molar-refractivity contribution in [2.24, 2.45) is 23.7 Å². The molecule has 3 unspecified atom stereocenters. The zero-order chi connectivity index (χ0) is 50.1. The predicted octanol–water partition coefficient (Wildman–Crippen LogP) is 19.0. The largest absolute Gasteiger partial charge is 0.313 e. The highest BCUT2D eigenvalue weighted by molar-refractivity contribution is 6.12. The van der Waals surface area contributed by atoms with Gasteiger partial charge in [-0.1, -0.05) is 173 Å². The second-order valence-corrected chi connectivity index (χ2v) is 21.1. The van der Waals surface area contributed by atoms with E-state index in [1.165, 1.54) is 88.5 Å². The van der Waals surface area contributed by atoms with E-state index >= 15 is 0 Å². The Balaban J connectivity index is 0.863. The predicted molar refractivity (Wildman–Crippen MR) is 319 cm³/mol. The quantitative estimate of drug-likeness (QED) is 0.143. The molecule has 0 saturated carbocycles. The molecule has 4 aliphatic carbocycles. The molecule has 0 fully saturated rings. The van der Waals surface area contributed by atoms with Crippen LogP contribution < -0.4 is 9.80 Å². The number of para-hydroxylation sites is 2. The van der Waals surface area contributed by atoms with Crippen LogP contribution in [-0.2, 0) is 6.42 Å². The molecule has 10 aromatic rings. The van der Waals surface area contributed by atoms with Crippen molar-refractivity contribution in [3.63, 3.8) is 0 Å². The van der Waals surface area contributed by atoms with E-state index in [1.807, 2.05) is 0 Å². The Hall–Kier alpha value is -8.86. The number of allylic oxidation sites excluding steroid dienone is 12. The van der Waals surface area contributed by atoms with Crippen molar-refractivity contribution >= 4 is 83.7 Å². The third kappa shape index (κ3) is 7.66. The minimum Gasteiger partial charge on any atom is -0.313 e. The summed E-state index contributed by atoms with van der Waals surface area (Å²) in [6, 6.07) is 67.6. The van der Waals surface area contributed by atoms with Gasteiger partial charge in [-0.2, -0.15) is 0 Å². The lowest BCUT2D eigenvalue weighted by Crippen LogP contribution is -2.24. The summed E-state index contributed by atoms with van der Waals surface area (Å²) in [5, 5.41) is 6.21. The first-order valence-corrected chi connectivity index (χ1v) is 26.8. The molecule has 0 spiro atoms. The van der Waals surface area contributed by atoms with Crippen LogP contribution in [-0.4, -0.2) is 9.13 Å². The number of aromatic nitrogens is 2. The molecule has 4 heteroatoms. The van der Waals surface area contributed by atoms with Gasteiger partial charge < -0.3 is 18.9 Å². The van der Waals surface area contributed by atoms with Gasteiger partial charge in [-0.25, -0.2) is 0 Å². The molecule has 0 radical (unpaired) electrons. The lowest BCUT2D eigenvalue weighted by atomic mass is 9.79. The van der Waals surface area contributed by atoms with E-state index in [9.17, 15) is 0 Å². The highest BCUT2D eigenvalue weighted by atomic mass is 15.2. The summed E-state index contributed by atoms with van der Waals surface area (Å²) < 4.78 is 4.93. The van der Waals surface area contributed by atoms with Crippen LogP contribution in [0.4, 0.5) is 28.4 Å². The van der Waals surface area contributed by atoms with Crippen LogP contribution in [0.5, 0.6) is 0 Å². The number of benzene rings is 8. The lowest BCUT2D eigenvalue weighted by Gasteiger charge is -2.35. The topological polar surface area (TPSA) is 16.3 Å². The van der Waals surface area contributed by atoms with Crippen molar-refractivity contribution in [3.8, 4) is 16.8 Å². The van der Waals surface area contributed by atoms with Crippen molar-refractivity contribution in [2.75, 3.05) is 9.80 Å². The molecule has 2 heterocycles. The van der Waals surface area contributed by atoms with Gasteiger partial charge in [0.25, 0.3) is 0 Å². The summed E-state index contributed by atoms with van der Waals surface area (Å²) in [5.74, 6) is 1.68. The maximum atomic E-state index is 2.48. The molecule has 0 N–H and O–H groups in total. The average Bonchev–Trinajstić information content (AvgIpc) is 3.99. The van der Waals surface area contributed by atoms with Gasteiger partial charge in [0.05, 0.1) is 22.2 Å². The van der Waals surface area contributed by atoms with Gasteiger partial charge in [0, 0.05) is 78.6 Å². The van der Waals surface area contributed by atoms with Gasteiger partial charge >= 0.3 is 0 Å². The van der Waals surface area contributed by atoms with E-state index in [-0.39, 0.29) is 0 Å². The van der Waals surface area contributed by atoms with Crippen molar-refractivity contribution in [3.05, 3.63) is 265 Å². The fourth-order valence-electron chi connectivity index (χ4n) is 12.5. The van der Waals surface area contributed by atoms with Crippen molar-refractivity contribution < 1.29 is 0 Å². The summed E-state index contributed by atoms with van der Waals surface area (Å²) in [7, 11) is 0. The van der Waals surface area contributed by atoms with Gasteiger partial charge in [0.15, 0.2) is 0 Å². The van der Waals surface area contributed by atoms with Crippen LogP contribution >= 0.6 is 0 Å². The van der Waals surface area contributed by atoms with Crippen LogP contribution in [0.1, 0.15) is 38.4 Å². The van der Waals surface area contributed by atoms with Crippen LogP contribution in [0, 0.1) is 23.7 Å². The fourth-order valence-corrected chi connectivity index (χ4v) is 12.5. The lowest BCUT2D eigenvalue weighted by molar-refractivity contribution is 0.576. The Labute approximate surface area is 439 Å².